The van der Waals surface area contributed by atoms with Crippen molar-refractivity contribution in [2.45, 2.75) is 13.1 Å². The molecule has 3 aromatic rings. The van der Waals surface area contributed by atoms with Crippen molar-refractivity contribution in [2.24, 2.45) is 0 Å². The minimum atomic E-state index is -0.0974. The summed E-state index contributed by atoms with van der Waals surface area (Å²) < 4.78 is 5.22. The summed E-state index contributed by atoms with van der Waals surface area (Å²) in [6, 6.07) is 13.5. The van der Waals surface area contributed by atoms with Gasteiger partial charge in [0.25, 0.3) is 5.56 Å². The van der Waals surface area contributed by atoms with Crippen LogP contribution in [0.4, 0.5) is 0 Å². The van der Waals surface area contributed by atoms with Gasteiger partial charge in [-0.3, -0.25) is 4.79 Å². The lowest BCUT2D eigenvalue weighted by atomic mass is 10.2. The molecular weight excluding hydrogens is 376 g/mol. The fourth-order valence-electron chi connectivity index (χ4n) is 3.82. The van der Waals surface area contributed by atoms with Crippen LogP contribution < -0.4 is 20.1 Å². The van der Waals surface area contributed by atoms with Crippen molar-refractivity contribution in [3.05, 3.63) is 69.2 Å². The molecular formula is C21H25ClN4O2+2. The molecule has 0 aliphatic carbocycles. The second-order valence-electron chi connectivity index (χ2n) is 7.38. The van der Waals surface area contributed by atoms with Gasteiger partial charge in [-0.2, -0.15) is 0 Å². The normalized spacial score (nSPS) is 19.6. The van der Waals surface area contributed by atoms with Crippen LogP contribution in [0, 0.1) is 0 Å². The predicted octanol–water partition coefficient (Wildman–Crippen LogP) is 0.0687. The number of aromatic nitrogens is 2. The van der Waals surface area contributed by atoms with Gasteiger partial charge in [0, 0.05) is 10.6 Å². The third-order valence-corrected chi connectivity index (χ3v) is 5.65. The van der Waals surface area contributed by atoms with Gasteiger partial charge in [0.05, 0.1) is 18.0 Å². The number of nitrogens with one attached hydrogen (secondary N) is 3. The van der Waals surface area contributed by atoms with E-state index in [-0.39, 0.29) is 5.56 Å². The van der Waals surface area contributed by atoms with Crippen molar-refractivity contribution in [3.8, 4) is 5.75 Å². The zero-order chi connectivity index (χ0) is 19.5. The lowest BCUT2D eigenvalue weighted by Crippen LogP contribution is -3.27. The molecule has 0 saturated carbocycles. The van der Waals surface area contributed by atoms with Crippen LogP contribution in [-0.4, -0.2) is 43.3 Å². The summed E-state index contributed by atoms with van der Waals surface area (Å²) >= 11 is 6.05. The molecule has 3 N–H and O–H groups in total. The van der Waals surface area contributed by atoms with E-state index in [4.69, 9.17) is 16.3 Å². The molecule has 7 heteroatoms. The lowest BCUT2D eigenvalue weighted by Gasteiger charge is -2.29. The van der Waals surface area contributed by atoms with Crippen LogP contribution in [0.2, 0.25) is 5.02 Å². The quantitative estimate of drug-likeness (QED) is 0.568. The number of nitrogens with zero attached hydrogens (tertiary/aromatic N) is 1. The van der Waals surface area contributed by atoms with Crippen molar-refractivity contribution in [1.82, 2.24) is 9.97 Å². The number of hydrogen-bond acceptors (Lipinski definition) is 3. The average molecular weight is 401 g/mol. The smallest absolute Gasteiger partial charge is 0.258 e. The molecule has 0 atom stereocenters. The largest absolute Gasteiger partial charge is 0.497 e. The summed E-state index contributed by atoms with van der Waals surface area (Å²) in [7, 11) is 1.69. The van der Waals surface area contributed by atoms with Crippen LogP contribution in [0.3, 0.4) is 0 Å². The predicted molar refractivity (Wildman–Crippen MR) is 109 cm³/mol. The van der Waals surface area contributed by atoms with Crippen molar-refractivity contribution in [2.75, 3.05) is 33.3 Å². The third kappa shape index (κ3) is 4.35. The van der Waals surface area contributed by atoms with E-state index in [9.17, 15) is 4.79 Å². The van der Waals surface area contributed by atoms with Gasteiger partial charge in [0.2, 0.25) is 0 Å². The van der Waals surface area contributed by atoms with Gasteiger partial charge in [0.1, 0.15) is 45.0 Å². The first kappa shape index (κ1) is 18.9. The Morgan fingerprint density at radius 1 is 1.04 bits per heavy atom. The number of quaternary nitrogens is 2. The number of aromatic amines is 1. The molecule has 0 bridgehead atoms. The second-order valence-corrected chi connectivity index (χ2v) is 7.81. The van der Waals surface area contributed by atoms with Crippen LogP contribution in [0.25, 0.3) is 10.9 Å². The Balaban J connectivity index is 1.36. The zero-order valence-electron chi connectivity index (χ0n) is 15.9. The van der Waals surface area contributed by atoms with Gasteiger partial charge in [-0.05, 0) is 42.5 Å². The van der Waals surface area contributed by atoms with E-state index in [1.165, 1.54) is 10.5 Å². The zero-order valence-corrected chi connectivity index (χ0v) is 16.7. The summed E-state index contributed by atoms with van der Waals surface area (Å²) in [4.78, 5) is 22.9. The first-order valence-electron chi connectivity index (χ1n) is 9.59. The summed E-state index contributed by atoms with van der Waals surface area (Å²) in [5, 5.41) is 1.18. The van der Waals surface area contributed by atoms with E-state index in [0.29, 0.717) is 15.9 Å². The highest BCUT2D eigenvalue weighted by Crippen LogP contribution is 2.14. The molecule has 4 rings (SSSR count). The van der Waals surface area contributed by atoms with E-state index in [0.717, 1.165) is 50.8 Å². The number of ether oxygens (including phenoxy) is 1. The van der Waals surface area contributed by atoms with E-state index in [2.05, 4.69) is 22.1 Å². The maximum absolute atomic E-state index is 12.3. The Kier molecular flexibility index (Phi) is 5.62. The van der Waals surface area contributed by atoms with Crippen LogP contribution >= 0.6 is 11.6 Å². The number of rotatable bonds is 5. The molecule has 28 heavy (non-hydrogen) atoms. The van der Waals surface area contributed by atoms with E-state index < -0.39 is 0 Å². The SMILES string of the molecule is COc1ccc(C[NH+]2CC[NH+](Cc3nc4cc(Cl)ccc4c(=O)[nH]3)CC2)cc1. The molecule has 0 spiro atoms. The summed E-state index contributed by atoms with van der Waals surface area (Å²) in [5.74, 6) is 1.62. The van der Waals surface area contributed by atoms with Gasteiger partial charge in [-0.1, -0.05) is 11.6 Å². The summed E-state index contributed by atoms with van der Waals surface area (Å²) in [6.45, 7) is 6.08. The number of hydrogen-bond donors (Lipinski definition) is 3. The molecule has 1 saturated heterocycles. The van der Waals surface area contributed by atoms with Crippen LogP contribution in [0.1, 0.15) is 11.4 Å². The second kappa shape index (κ2) is 8.31. The third-order valence-electron chi connectivity index (χ3n) is 5.41. The molecule has 146 valence electrons. The van der Waals surface area contributed by atoms with E-state index >= 15 is 0 Å². The highest BCUT2D eigenvalue weighted by Gasteiger charge is 2.24. The molecule has 0 radical (unpaired) electrons. The van der Waals surface area contributed by atoms with E-state index in [1.807, 2.05) is 12.1 Å². The number of piperazine rings is 1. The monoisotopic (exact) mass is 400 g/mol. The molecule has 0 unspecified atom stereocenters. The minimum absolute atomic E-state index is 0.0974. The van der Waals surface area contributed by atoms with Gasteiger partial charge < -0.3 is 19.5 Å². The number of halogens is 1. The van der Waals surface area contributed by atoms with Crippen LogP contribution in [0.15, 0.2) is 47.3 Å². The number of methoxy groups -OCH3 is 1. The highest BCUT2D eigenvalue weighted by atomic mass is 35.5. The Morgan fingerprint density at radius 2 is 1.71 bits per heavy atom. The molecule has 1 aliphatic rings. The fraction of sp³-hybridized carbons (Fsp3) is 0.333. The van der Waals surface area contributed by atoms with Gasteiger partial charge in [0.15, 0.2) is 5.82 Å². The molecule has 1 aromatic heterocycles. The Morgan fingerprint density at radius 3 is 2.39 bits per heavy atom. The maximum Gasteiger partial charge on any atom is 0.258 e. The number of fused-ring (bicyclic) bond motifs is 1. The Hall–Kier alpha value is -2.41. The molecule has 1 fully saturated rings. The van der Waals surface area contributed by atoms with Gasteiger partial charge in [-0.15, -0.1) is 0 Å². The lowest BCUT2D eigenvalue weighted by molar-refractivity contribution is -1.02. The van der Waals surface area contributed by atoms with E-state index in [1.54, 1.807) is 30.2 Å². The summed E-state index contributed by atoms with van der Waals surface area (Å²) in [6.07, 6.45) is 0. The van der Waals surface area contributed by atoms with Crippen LogP contribution in [0.5, 0.6) is 5.75 Å². The van der Waals surface area contributed by atoms with Crippen LogP contribution in [-0.2, 0) is 13.1 Å². The molecule has 6 nitrogen and oxygen atoms in total. The Bertz CT molecular complexity index is 1010. The first-order valence-corrected chi connectivity index (χ1v) is 9.97. The number of H-pyrrole nitrogens is 1. The standard InChI is InChI=1S/C21H23ClN4O2/c1-28-17-5-2-15(3-6-17)13-25-8-10-26(11-9-25)14-20-23-19-12-16(22)4-7-18(19)21(27)24-20/h2-7,12H,8-11,13-14H2,1H3,(H,23,24,27)/p+2. The molecule has 2 aromatic carbocycles. The van der Waals surface area contributed by atoms with Crippen molar-refractivity contribution < 1.29 is 14.5 Å². The minimum Gasteiger partial charge on any atom is -0.497 e. The molecule has 0 amide bonds. The Labute approximate surface area is 168 Å². The fourth-order valence-corrected chi connectivity index (χ4v) is 3.99. The van der Waals surface area contributed by atoms with Crippen molar-refractivity contribution in [1.29, 1.82) is 0 Å². The maximum atomic E-state index is 12.3. The summed E-state index contributed by atoms with van der Waals surface area (Å²) in [5.41, 5.74) is 1.89. The van der Waals surface area contributed by atoms with Crippen molar-refractivity contribution >= 4 is 22.5 Å². The molecule has 1 aliphatic heterocycles. The van der Waals surface area contributed by atoms with Gasteiger partial charge in [-0.25, -0.2) is 4.98 Å². The topological polar surface area (TPSA) is 63.9 Å². The average Bonchev–Trinajstić information content (AvgIpc) is 2.70. The number of benzene rings is 2. The first-order chi connectivity index (χ1) is 13.6. The molecule has 2 heterocycles. The van der Waals surface area contributed by atoms with Gasteiger partial charge >= 0.3 is 0 Å². The van der Waals surface area contributed by atoms with Crippen molar-refractivity contribution in [3.63, 3.8) is 0 Å². The highest BCUT2D eigenvalue weighted by molar-refractivity contribution is 6.31.